The van der Waals surface area contributed by atoms with E-state index >= 15 is 0 Å². The second kappa shape index (κ2) is 8.97. The first-order valence-corrected chi connectivity index (χ1v) is 10.1. The number of H-pyrrole nitrogens is 1. The monoisotopic (exact) mass is 448 g/mol. The van der Waals surface area contributed by atoms with Gasteiger partial charge >= 0.3 is 6.18 Å². The van der Waals surface area contributed by atoms with Gasteiger partial charge in [0.25, 0.3) is 5.91 Å². The van der Waals surface area contributed by atoms with Gasteiger partial charge in [-0.2, -0.15) is 18.3 Å². The zero-order valence-corrected chi connectivity index (χ0v) is 16.8. The van der Waals surface area contributed by atoms with Crippen LogP contribution in [0.5, 0.6) is 5.88 Å². The number of carbonyl (C=O) groups excluding carboxylic acids is 1. The van der Waals surface area contributed by atoms with Gasteiger partial charge in [-0.25, -0.2) is 9.37 Å². The average Bonchev–Trinajstić information content (AvgIpc) is 3.26. The molecule has 4 rings (SSSR count). The van der Waals surface area contributed by atoms with Crippen LogP contribution in [0, 0.1) is 5.82 Å². The molecule has 1 fully saturated rings. The van der Waals surface area contributed by atoms with Crippen LogP contribution >= 0.6 is 0 Å². The highest BCUT2D eigenvalue weighted by Gasteiger charge is 2.31. The zero-order valence-electron chi connectivity index (χ0n) is 16.8. The summed E-state index contributed by atoms with van der Waals surface area (Å²) in [5.74, 6) is -0.494. The Morgan fingerprint density at radius 2 is 1.78 bits per heavy atom. The van der Waals surface area contributed by atoms with E-state index in [1.807, 2.05) is 0 Å². The standard InChI is InChI=1S/C22H20F4N4O2/c23-15-4-1-13(2-5-15)18-11-19(30-29-18)21(31)28-16-6-8-17(9-7-16)32-20-10-3-14(12-27-20)22(24,25)26/h1-5,10-12,16-17H,6-9H2,(H,28,31)(H,29,30). The highest BCUT2D eigenvalue weighted by molar-refractivity contribution is 5.93. The molecule has 0 unspecified atom stereocenters. The first kappa shape index (κ1) is 21.8. The fourth-order valence-corrected chi connectivity index (χ4v) is 3.58. The molecule has 1 aromatic carbocycles. The summed E-state index contributed by atoms with van der Waals surface area (Å²) in [6, 6.07) is 9.52. The van der Waals surface area contributed by atoms with Crippen LogP contribution in [-0.4, -0.2) is 33.2 Å². The summed E-state index contributed by atoms with van der Waals surface area (Å²) in [6.45, 7) is 0. The lowest BCUT2D eigenvalue weighted by Gasteiger charge is -2.29. The molecule has 0 spiro atoms. The molecule has 0 aliphatic heterocycles. The van der Waals surface area contributed by atoms with E-state index < -0.39 is 11.7 Å². The molecular formula is C22H20F4N4O2. The molecule has 1 amide bonds. The van der Waals surface area contributed by atoms with Crippen molar-refractivity contribution in [2.45, 2.75) is 44.0 Å². The number of ether oxygens (including phenoxy) is 1. The quantitative estimate of drug-likeness (QED) is 0.552. The number of rotatable bonds is 5. The fraction of sp³-hybridized carbons (Fsp3) is 0.318. The number of hydrogen-bond acceptors (Lipinski definition) is 4. The molecule has 32 heavy (non-hydrogen) atoms. The molecule has 2 N–H and O–H groups in total. The van der Waals surface area contributed by atoms with Crippen molar-refractivity contribution in [1.82, 2.24) is 20.5 Å². The molecule has 2 heterocycles. The maximum Gasteiger partial charge on any atom is 0.417 e. The Morgan fingerprint density at radius 3 is 2.41 bits per heavy atom. The molecule has 0 bridgehead atoms. The summed E-state index contributed by atoms with van der Waals surface area (Å²) in [5, 5.41) is 9.75. The molecule has 168 valence electrons. The fourth-order valence-electron chi connectivity index (χ4n) is 3.58. The van der Waals surface area contributed by atoms with Gasteiger partial charge < -0.3 is 10.1 Å². The first-order valence-electron chi connectivity index (χ1n) is 10.1. The minimum Gasteiger partial charge on any atom is -0.474 e. The predicted octanol–water partition coefficient (Wildman–Crippen LogP) is 4.75. The Labute approximate surface area is 181 Å². The van der Waals surface area contributed by atoms with Gasteiger partial charge in [-0.1, -0.05) is 0 Å². The smallest absolute Gasteiger partial charge is 0.417 e. The second-order valence-corrected chi connectivity index (χ2v) is 7.62. The molecule has 1 saturated carbocycles. The van der Waals surface area contributed by atoms with Crippen molar-refractivity contribution in [2.75, 3.05) is 0 Å². The Hall–Kier alpha value is -3.43. The molecule has 0 atom stereocenters. The van der Waals surface area contributed by atoms with Crippen LogP contribution in [0.1, 0.15) is 41.7 Å². The van der Waals surface area contributed by atoms with Crippen molar-refractivity contribution in [1.29, 1.82) is 0 Å². The van der Waals surface area contributed by atoms with Crippen LogP contribution in [0.2, 0.25) is 0 Å². The molecule has 3 aromatic rings. The average molecular weight is 448 g/mol. The number of nitrogens with zero attached hydrogens (tertiary/aromatic N) is 2. The zero-order chi connectivity index (χ0) is 22.7. The molecule has 1 aliphatic rings. The van der Waals surface area contributed by atoms with E-state index in [4.69, 9.17) is 4.74 Å². The summed E-state index contributed by atoms with van der Waals surface area (Å²) < 4.78 is 56.6. The summed E-state index contributed by atoms with van der Waals surface area (Å²) in [4.78, 5) is 16.3. The third kappa shape index (κ3) is 5.24. The molecule has 2 aromatic heterocycles. The molecule has 0 saturated heterocycles. The maximum absolute atomic E-state index is 13.1. The van der Waals surface area contributed by atoms with Crippen LogP contribution < -0.4 is 10.1 Å². The summed E-state index contributed by atoms with van der Waals surface area (Å²) in [7, 11) is 0. The van der Waals surface area contributed by atoms with Gasteiger partial charge in [0.15, 0.2) is 0 Å². The van der Waals surface area contributed by atoms with Gasteiger partial charge in [-0.05, 0) is 62.1 Å². The van der Waals surface area contributed by atoms with Gasteiger partial charge in [0.1, 0.15) is 17.6 Å². The number of alkyl halides is 3. The topological polar surface area (TPSA) is 79.9 Å². The van der Waals surface area contributed by atoms with Gasteiger partial charge in [0, 0.05) is 23.9 Å². The summed E-state index contributed by atoms with van der Waals surface area (Å²) in [6.07, 6.45) is -1.26. The Morgan fingerprint density at radius 1 is 1.06 bits per heavy atom. The third-order valence-electron chi connectivity index (χ3n) is 5.32. The van der Waals surface area contributed by atoms with Crippen LogP contribution in [0.15, 0.2) is 48.7 Å². The summed E-state index contributed by atoms with van der Waals surface area (Å²) >= 11 is 0. The van der Waals surface area contributed by atoms with E-state index in [1.165, 1.54) is 18.2 Å². The largest absolute Gasteiger partial charge is 0.474 e. The van der Waals surface area contributed by atoms with Crippen molar-refractivity contribution in [3.05, 3.63) is 65.7 Å². The highest BCUT2D eigenvalue weighted by atomic mass is 19.4. The van der Waals surface area contributed by atoms with E-state index in [0.29, 0.717) is 42.6 Å². The molecular weight excluding hydrogens is 428 g/mol. The van der Waals surface area contributed by atoms with Crippen LogP contribution in [0.4, 0.5) is 17.6 Å². The van der Waals surface area contributed by atoms with Gasteiger partial charge in [0.2, 0.25) is 5.88 Å². The Bertz CT molecular complexity index is 1060. The van der Waals surface area contributed by atoms with Crippen LogP contribution in [-0.2, 0) is 6.18 Å². The van der Waals surface area contributed by atoms with E-state index in [-0.39, 0.29) is 29.8 Å². The SMILES string of the molecule is O=C(NC1CCC(Oc2ccc(C(F)(F)F)cn2)CC1)c1cc(-c2ccc(F)cc2)n[nH]1. The lowest BCUT2D eigenvalue weighted by molar-refractivity contribution is -0.137. The first-order chi connectivity index (χ1) is 15.3. The van der Waals surface area contributed by atoms with Gasteiger partial charge in [-0.15, -0.1) is 0 Å². The number of aromatic nitrogens is 3. The van der Waals surface area contributed by atoms with Crippen LogP contribution in [0.3, 0.4) is 0 Å². The lowest BCUT2D eigenvalue weighted by atomic mass is 9.93. The molecule has 10 heteroatoms. The van der Waals surface area contributed by atoms with Crippen molar-refractivity contribution < 1.29 is 27.1 Å². The van der Waals surface area contributed by atoms with Crippen molar-refractivity contribution in [2.24, 2.45) is 0 Å². The Balaban J connectivity index is 1.27. The lowest BCUT2D eigenvalue weighted by Crippen LogP contribution is -2.39. The predicted molar refractivity (Wildman–Crippen MR) is 107 cm³/mol. The number of carbonyl (C=O) groups is 1. The minimum absolute atomic E-state index is 0.0551. The van der Waals surface area contributed by atoms with Crippen LogP contribution in [0.25, 0.3) is 11.3 Å². The van der Waals surface area contributed by atoms with Crippen molar-refractivity contribution in [3.63, 3.8) is 0 Å². The maximum atomic E-state index is 13.1. The van der Waals surface area contributed by atoms with Gasteiger partial charge in [-0.3, -0.25) is 9.89 Å². The van der Waals surface area contributed by atoms with Gasteiger partial charge in [0.05, 0.1) is 11.3 Å². The van der Waals surface area contributed by atoms with E-state index in [9.17, 15) is 22.4 Å². The van der Waals surface area contributed by atoms with E-state index in [2.05, 4.69) is 20.5 Å². The normalized spacial score (nSPS) is 18.9. The number of pyridine rings is 1. The molecule has 0 radical (unpaired) electrons. The van der Waals surface area contributed by atoms with Crippen molar-refractivity contribution in [3.8, 4) is 17.1 Å². The third-order valence-corrected chi connectivity index (χ3v) is 5.32. The number of nitrogens with one attached hydrogen (secondary N) is 2. The van der Waals surface area contributed by atoms with E-state index in [0.717, 1.165) is 12.3 Å². The number of aromatic amines is 1. The second-order valence-electron chi connectivity index (χ2n) is 7.62. The number of halogens is 4. The minimum atomic E-state index is -4.43. The number of hydrogen-bond donors (Lipinski definition) is 2. The number of benzene rings is 1. The Kier molecular flexibility index (Phi) is 6.11. The van der Waals surface area contributed by atoms with Crippen molar-refractivity contribution >= 4 is 5.91 Å². The summed E-state index contributed by atoms with van der Waals surface area (Å²) in [5.41, 5.74) is 0.710. The highest BCUT2D eigenvalue weighted by Crippen LogP contribution is 2.30. The molecule has 1 aliphatic carbocycles. The number of amides is 1. The molecule has 6 nitrogen and oxygen atoms in total. The van der Waals surface area contributed by atoms with E-state index in [1.54, 1.807) is 18.2 Å².